The van der Waals surface area contributed by atoms with Crippen molar-refractivity contribution in [3.8, 4) is 11.5 Å². The van der Waals surface area contributed by atoms with Crippen molar-refractivity contribution >= 4 is 12.2 Å². The van der Waals surface area contributed by atoms with Gasteiger partial charge in [-0.25, -0.2) is 0 Å². The number of para-hydroxylation sites is 1. The lowest BCUT2D eigenvalue weighted by molar-refractivity contribution is -0.123. The Hall–Kier alpha value is -2.04. The molecule has 0 saturated heterocycles. The van der Waals surface area contributed by atoms with Crippen molar-refractivity contribution in [1.82, 2.24) is 5.32 Å². The highest BCUT2D eigenvalue weighted by atomic mass is 16.5. The SMILES string of the molecule is CCC(C)NC(=O)COc1c(C=O)cccc1OC. The van der Waals surface area contributed by atoms with E-state index in [0.29, 0.717) is 23.3 Å². The predicted molar refractivity (Wildman–Crippen MR) is 71.8 cm³/mol. The number of carbonyl (C=O) groups is 2. The number of amides is 1. The molecule has 19 heavy (non-hydrogen) atoms. The summed E-state index contributed by atoms with van der Waals surface area (Å²) in [6, 6.07) is 5.07. The van der Waals surface area contributed by atoms with E-state index >= 15 is 0 Å². The minimum absolute atomic E-state index is 0.0966. The smallest absolute Gasteiger partial charge is 0.258 e. The van der Waals surface area contributed by atoms with E-state index in [2.05, 4.69) is 5.32 Å². The molecule has 0 aliphatic heterocycles. The predicted octanol–water partition coefficient (Wildman–Crippen LogP) is 1.80. The Balaban J connectivity index is 2.71. The average Bonchev–Trinajstić information content (AvgIpc) is 2.44. The Morgan fingerprint density at radius 1 is 1.47 bits per heavy atom. The van der Waals surface area contributed by atoms with Gasteiger partial charge in [-0.15, -0.1) is 0 Å². The van der Waals surface area contributed by atoms with Crippen LogP contribution in [0.2, 0.25) is 0 Å². The molecule has 5 heteroatoms. The second-order valence-electron chi connectivity index (χ2n) is 4.16. The quantitative estimate of drug-likeness (QED) is 0.763. The van der Waals surface area contributed by atoms with Crippen molar-refractivity contribution < 1.29 is 19.1 Å². The van der Waals surface area contributed by atoms with Crippen molar-refractivity contribution in [2.75, 3.05) is 13.7 Å². The third kappa shape index (κ3) is 4.28. The zero-order valence-corrected chi connectivity index (χ0v) is 11.4. The third-order valence-corrected chi connectivity index (χ3v) is 2.72. The summed E-state index contributed by atoms with van der Waals surface area (Å²) < 4.78 is 10.5. The van der Waals surface area contributed by atoms with Gasteiger partial charge in [0.1, 0.15) is 0 Å². The van der Waals surface area contributed by atoms with Gasteiger partial charge in [-0.05, 0) is 25.5 Å². The van der Waals surface area contributed by atoms with Gasteiger partial charge >= 0.3 is 0 Å². The number of ether oxygens (including phenoxy) is 2. The van der Waals surface area contributed by atoms with E-state index in [9.17, 15) is 9.59 Å². The van der Waals surface area contributed by atoms with Crippen LogP contribution in [0.5, 0.6) is 11.5 Å². The number of benzene rings is 1. The van der Waals surface area contributed by atoms with Crippen LogP contribution in [-0.4, -0.2) is 32.0 Å². The molecule has 1 unspecified atom stereocenters. The number of hydrogen-bond acceptors (Lipinski definition) is 4. The number of carbonyl (C=O) groups excluding carboxylic acids is 2. The highest BCUT2D eigenvalue weighted by Crippen LogP contribution is 2.29. The fourth-order valence-corrected chi connectivity index (χ4v) is 1.50. The summed E-state index contributed by atoms with van der Waals surface area (Å²) in [5, 5.41) is 2.78. The molecular weight excluding hydrogens is 246 g/mol. The highest BCUT2D eigenvalue weighted by Gasteiger charge is 2.12. The summed E-state index contributed by atoms with van der Waals surface area (Å²) in [6.45, 7) is 3.75. The Bertz CT molecular complexity index is 445. The molecule has 1 N–H and O–H groups in total. The van der Waals surface area contributed by atoms with E-state index in [1.165, 1.54) is 7.11 Å². The monoisotopic (exact) mass is 265 g/mol. The molecule has 0 aliphatic carbocycles. The van der Waals surface area contributed by atoms with E-state index < -0.39 is 0 Å². The van der Waals surface area contributed by atoms with Crippen LogP contribution in [0.15, 0.2) is 18.2 Å². The molecule has 1 rings (SSSR count). The first kappa shape index (κ1) is 15.0. The molecule has 1 atom stereocenters. The summed E-state index contributed by atoms with van der Waals surface area (Å²) in [7, 11) is 1.48. The second-order valence-corrected chi connectivity index (χ2v) is 4.16. The number of aldehydes is 1. The van der Waals surface area contributed by atoms with Gasteiger partial charge in [0, 0.05) is 6.04 Å². The van der Waals surface area contributed by atoms with E-state index in [4.69, 9.17) is 9.47 Å². The molecule has 0 aromatic heterocycles. The normalized spacial score (nSPS) is 11.5. The van der Waals surface area contributed by atoms with Gasteiger partial charge in [0.15, 0.2) is 24.4 Å². The van der Waals surface area contributed by atoms with Crippen molar-refractivity contribution in [3.05, 3.63) is 23.8 Å². The van der Waals surface area contributed by atoms with Gasteiger partial charge in [0.2, 0.25) is 0 Å². The first-order chi connectivity index (χ1) is 9.12. The van der Waals surface area contributed by atoms with Gasteiger partial charge in [0.05, 0.1) is 12.7 Å². The molecule has 0 spiro atoms. The molecule has 0 bridgehead atoms. The maximum atomic E-state index is 11.6. The van der Waals surface area contributed by atoms with E-state index in [0.717, 1.165) is 6.42 Å². The molecule has 1 aromatic carbocycles. The molecule has 0 radical (unpaired) electrons. The average molecular weight is 265 g/mol. The van der Waals surface area contributed by atoms with Crippen molar-refractivity contribution in [3.63, 3.8) is 0 Å². The van der Waals surface area contributed by atoms with Crippen LogP contribution in [0.3, 0.4) is 0 Å². The lowest BCUT2D eigenvalue weighted by atomic mass is 10.2. The first-order valence-corrected chi connectivity index (χ1v) is 6.16. The third-order valence-electron chi connectivity index (χ3n) is 2.72. The summed E-state index contributed by atoms with van der Waals surface area (Å²) in [5.74, 6) is 0.498. The van der Waals surface area contributed by atoms with Crippen molar-refractivity contribution in [2.45, 2.75) is 26.3 Å². The van der Waals surface area contributed by atoms with Gasteiger partial charge in [-0.2, -0.15) is 0 Å². The van der Waals surface area contributed by atoms with Crippen LogP contribution < -0.4 is 14.8 Å². The Labute approximate surface area is 112 Å². The lowest BCUT2D eigenvalue weighted by Gasteiger charge is -2.14. The molecule has 5 nitrogen and oxygen atoms in total. The minimum atomic E-state index is -0.225. The zero-order chi connectivity index (χ0) is 14.3. The molecule has 1 aromatic rings. The zero-order valence-electron chi connectivity index (χ0n) is 11.4. The van der Waals surface area contributed by atoms with E-state index in [-0.39, 0.29) is 18.6 Å². The molecule has 0 aliphatic rings. The lowest BCUT2D eigenvalue weighted by Crippen LogP contribution is -2.35. The van der Waals surface area contributed by atoms with Crippen LogP contribution in [0.4, 0.5) is 0 Å². The van der Waals surface area contributed by atoms with Crippen LogP contribution >= 0.6 is 0 Å². The van der Waals surface area contributed by atoms with Gasteiger partial charge in [0.25, 0.3) is 5.91 Å². The fourth-order valence-electron chi connectivity index (χ4n) is 1.50. The Morgan fingerprint density at radius 3 is 2.79 bits per heavy atom. The molecule has 1 amide bonds. The Kier molecular flexibility index (Phi) is 5.85. The topological polar surface area (TPSA) is 64.6 Å². The van der Waals surface area contributed by atoms with Gasteiger partial charge in [-0.1, -0.05) is 13.0 Å². The van der Waals surface area contributed by atoms with Gasteiger partial charge in [-0.3, -0.25) is 9.59 Å². The molecule has 104 valence electrons. The number of rotatable bonds is 7. The maximum Gasteiger partial charge on any atom is 0.258 e. The largest absolute Gasteiger partial charge is 0.493 e. The molecular formula is C14H19NO4. The number of hydrogen-bond donors (Lipinski definition) is 1. The van der Waals surface area contributed by atoms with Crippen LogP contribution in [0, 0.1) is 0 Å². The number of nitrogens with one attached hydrogen (secondary N) is 1. The maximum absolute atomic E-state index is 11.6. The van der Waals surface area contributed by atoms with Gasteiger partial charge < -0.3 is 14.8 Å². The number of methoxy groups -OCH3 is 1. The van der Waals surface area contributed by atoms with Crippen LogP contribution in [0.1, 0.15) is 30.6 Å². The molecule has 0 fully saturated rings. The molecule has 0 heterocycles. The minimum Gasteiger partial charge on any atom is -0.493 e. The van der Waals surface area contributed by atoms with E-state index in [1.807, 2.05) is 13.8 Å². The highest BCUT2D eigenvalue weighted by molar-refractivity contribution is 5.82. The summed E-state index contributed by atoms with van der Waals surface area (Å²) >= 11 is 0. The second kappa shape index (κ2) is 7.41. The standard InChI is InChI=1S/C14H19NO4/c1-4-10(2)15-13(17)9-19-14-11(8-16)6-5-7-12(14)18-3/h5-8,10H,4,9H2,1-3H3,(H,15,17). The van der Waals surface area contributed by atoms with Crippen molar-refractivity contribution in [2.24, 2.45) is 0 Å². The van der Waals surface area contributed by atoms with Crippen LogP contribution in [-0.2, 0) is 4.79 Å². The Morgan fingerprint density at radius 2 is 2.21 bits per heavy atom. The van der Waals surface area contributed by atoms with E-state index in [1.54, 1.807) is 18.2 Å². The van der Waals surface area contributed by atoms with Crippen molar-refractivity contribution in [1.29, 1.82) is 0 Å². The van der Waals surface area contributed by atoms with Crippen LogP contribution in [0.25, 0.3) is 0 Å². The molecule has 0 saturated carbocycles. The summed E-state index contributed by atoms with van der Waals surface area (Å²) in [6.07, 6.45) is 1.52. The fraction of sp³-hybridized carbons (Fsp3) is 0.429. The summed E-state index contributed by atoms with van der Waals surface area (Å²) in [4.78, 5) is 22.5. The first-order valence-electron chi connectivity index (χ1n) is 6.16. The summed E-state index contributed by atoms with van der Waals surface area (Å²) in [5.41, 5.74) is 0.357.